The van der Waals surface area contributed by atoms with Crippen molar-refractivity contribution in [3.05, 3.63) is 10.6 Å². The third kappa shape index (κ3) is 4.17. The van der Waals surface area contributed by atoms with Gasteiger partial charge in [-0.2, -0.15) is 0 Å². The summed E-state index contributed by atoms with van der Waals surface area (Å²) in [6.45, 7) is 6.03. The van der Waals surface area contributed by atoms with E-state index in [0.29, 0.717) is 12.6 Å². The second-order valence-corrected chi connectivity index (χ2v) is 6.77. The minimum atomic E-state index is 0.533. The molecular formula is C15H27N3OS. The molecular weight excluding hydrogens is 270 g/mol. The molecule has 1 fully saturated rings. The number of anilines is 1. The Morgan fingerprint density at radius 2 is 2.25 bits per heavy atom. The van der Waals surface area contributed by atoms with Crippen molar-refractivity contribution in [1.29, 1.82) is 0 Å². The zero-order valence-corrected chi connectivity index (χ0v) is 13.9. The molecule has 20 heavy (non-hydrogen) atoms. The van der Waals surface area contributed by atoms with Crippen molar-refractivity contribution in [1.82, 2.24) is 10.3 Å². The summed E-state index contributed by atoms with van der Waals surface area (Å²) in [6.07, 6.45) is 5.04. The summed E-state index contributed by atoms with van der Waals surface area (Å²) in [4.78, 5) is 8.40. The van der Waals surface area contributed by atoms with Crippen molar-refractivity contribution in [3.63, 3.8) is 0 Å². The number of nitrogens with one attached hydrogen (secondary N) is 1. The molecule has 1 unspecified atom stereocenters. The van der Waals surface area contributed by atoms with Crippen LogP contribution in [0.25, 0.3) is 0 Å². The van der Waals surface area contributed by atoms with Crippen LogP contribution in [0.1, 0.15) is 50.1 Å². The SMILES string of the molecule is CCCC(C)N(C)c1nc(COC)c(CNC2CC2)s1. The van der Waals surface area contributed by atoms with Crippen LogP contribution in [0, 0.1) is 0 Å². The van der Waals surface area contributed by atoms with Gasteiger partial charge in [-0.15, -0.1) is 11.3 Å². The fourth-order valence-electron chi connectivity index (χ4n) is 2.23. The molecule has 1 saturated carbocycles. The standard InChI is InChI=1S/C15H27N3OS/c1-5-6-11(2)18(3)15-17-13(10-19-4)14(20-15)9-16-12-7-8-12/h11-12,16H,5-10H2,1-4H3. The molecule has 1 aromatic heterocycles. The quantitative estimate of drug-likeness (QED) is 0.760. The lowest BCUT2D eigenvalue weighted by Crippen LogP contribution is -2.28. The molecule has 1 aliphatic rings. The van der Waals surface area contributed by atoms with E-state index in [1.165, 1.54) is 30.6 Å². The van der Waals surface area contributed by atoms with Crippen LogP contribution in [0.3, 0.4) is 0 Å². The smallest absolute Gasteiger partial charge is 0.185 e. The highest BCUT2D eigenvalue weighted by molar-refractivity contribution is 7.15. The number of hydrogen-bond donors (Lipinski definition) is 1. The van der Waals surface area contributed by atoms with Gasteiger partial charge >= 0.3 is 0 Å². The van der Waals surface area contributed by atoms with E-state index in [1.807, 2.05) is 0 Å². The van der Waals surface area contributed by atoms with Crippen molar-refractivity contribution in [2.24, 2.45) is 0 Å². The predicted molar refractivity (Wildman–Crippen MR) is 85.5 cm³/mol. The summed E-state index contributed by atoms with van der Waals surface area (Å²) in [5, 5.41) is 4.69. The second-order valence-electron chi connectivity index (χ2n) is 5.70. The minimum Gasteiger partial charge on any atom is -0.378 e. The lowest BCUT2D eigenvalue weighted by Gasteiger charge is -2.23. The second kappa shape index (κ2) is 7.38. The first-order valence-corrected chi connectivity index (χ1v) is 8.41. The molecule has 4 nitrogen and oxygen atoms in total. The van der Waals surface area contributed by atoms with E-state index in [2.05, 4.69) is 31.1 Å². The van der Waals surface area contributed by atoms with Crippen LogP contribution >= 0.6 is 11.3 Å². The molecule has 5 heteroatoms. The van der Waals surface area contributed by atoms with Gasteiger partial charge in [0.15, 0.2) is 5.13 Å². The highest BCUT2D eigenvalue weighted by atomic mass is 32.1. The van der Waals surface area contributed by atoms with Gasteiger partial charge in [0, 0.05) is 37.7 Å². The Labute approximate surface area is 126 Å². The number of rotatable bonds is 9. The lowest BCUT2D eigenvalue weighted by atomic mass is 10.2. The Morgan fingerprint density at radius 3 is 2.85 bits per heavy atom. The van der Waals surface area contributed by atoms with E-state index in [4.69, 9.17) is 9.72 Å². The monoisotopic (exact) mass is 297 g/mol. The number of aromatic nitrogens is 1. The largest absolute Gasteiger partial charge is 0.378 e. The molecule has 0 saturated heterocycles. The van der Waals surface area contributed by atoms with Crippen LogP contribution in [0.4, 0.5) is 5.13 Å². The van der Waals surface area contributed by atoms with E-state index in [9.17, 15) is 0 Å². The zero-order chi connectivity index (χ0) is 14.5. The molecule has 0 amide bonds. The summed E-state index contributed by atoms with van der Waals surface area (Å²) >= 11 is 1.80. The van der Waals surface area contributed by atoms with Crippen molar-refractivity contribution in [2.75, 3.05) is 19.1 Å². The van der Waals surface area contributed by atoms with Gasteiger partial charge in [-0.3, -0.25) is 0 Å². The Morgan fingerprint density at radius 1 is 1.50 bits per heavy atom. The number of nitrogens with zero attached hydrogens (tertiary/aromatic N) is 2. The summed E-state index contributed by atoms with van der Waals surface area (Å²) in [6, 6.07) is 1.26. The van der Waals surface area contributed by atoms with Crippen molar-refractivity contribution >= 4 is 16.5 Å². The van der Waals surface area contributed by atoms with Crippen molar-refractivity contribution < 1.29 is 4.74 Å². The van der Waals surface area contributed by atoms with Crippen LogP contribution < -0.4 is 10.2 Å². The Bertz CT molecular complexity index is 417. The van der Waals surface area contributed by atoms with Gasteiger partial charge in [0.2, 0.25) is 0 Å². The van der Waals surface area contributed by atoms with E-state index in [0.717, 1.165) is 23.4 Å². The fraction of sp³-hybridized carbons (Fsp3) is 0.800. The maximum atomic E-state index is 5.29. The zero-order valence-electron chi connectivity index (χ0n) is 13.1. The number of methoxy groups -OCH3 is 1. The molecule has 1 heterocycles. The highest BCUT2D eigenvalue weighted by Crippen LogP contribution is 2.29. The fourth-order valence-corrected chi connectivity index (χ4v) is 3.31. The van der Waals surface area contributed by atoms with Crippen LogP contribution in [0.15, 0.2) is 0 Å². The van der Waals surface area contributed by atoms with E-state index >= 15 is 0 Å². The van der Waals surface area contributed by atoms with Crippen molar-refractivity contribution in [2.45, 2.75) is 64.8 Å². The number of thiazole rings is 1. The van der Waals surface area contributed by atoms with Crippen LogP contribution in [-0.4, -0.2) is 31.2 Å². The first-order chi connectivity index (χ1) is 9.65. The highest BCUT2D eigenvalue weighted by Gasteiger charge is 2.22. The first kappa shape index (κ1) is 15.7. The molecule has 0 radical (unpaired) electrons. The third-order valence-electron chi connectivity index (χ3n) is 3.85. The van der Waals surface area contributed by atoms with Gasteiger partial charge in [0.05, 0.1) is 12.3 Å². The summed E-state index contributed by atoms with van der Waals surface area (Å²) in [5.41, 5.74) is 1.09. The van der Waals surface area contributed by atoms with Gasteiger partial charge in [-0.1, -0.05) is 13.3 Å². The molecule has 0 aliphatic heterocycles. The van der Waals surface area contributed by atoms with E-state index < -0.39 is 0 Å². The lowest BCUT2D eigenvalue weighted by molar-refractivity contribution is 0.181. The van der Waals surface area contributed by atoms with Gasteiger partial charge in [-0.25, -0.2) is 4.98 Å². The first-order valence-electron chi connectivity index (χ1n) is 7.59. The molecule has 0 aromatic carbocycles. The van der Waals surface area contributed by atoms with Crippen LogP contribution in [-0.2, 0) is 17.9 Å². The van der Waals surface area contributed by atoms with Crippen LogP contribution in [0.5, 0.6) is 0 Å². The normalized spacial score (nSPS) is 16.4. The maximum absolute atomic E-state index is 5.29. The summed E-state index contributed by atoms with van der Waals surface area (Å²) in [7, 11) is 3.88. The molecule has 0 spiro atoms. The van der Waals surface area contributed by atoms with Crippen LogP contribution in [0.2, 0.25) is 0 Å². The summed E-state index contributed by atoms with van der Waals surface area (Å²) < 4.78 is 5.29. The molecule has 1 atom stereocenters. The molecule has 1 aromatic rings. The maximum Gasteiger partial charge on any atom is 0.185 e. The third-order valence-corrected chi connectivity index (χ3v) is 5.03. The van der Waals surface area contributed by atoms with E-state index in [-0.39, 0.29) is 0 Å². The van der Waals surface area contributed by atoms with Gasteiger partial charge in [-0.05, 0) is 26.2 Å². The summed E-state index contributed by atoms with van der Waals surface area (Å²) in [5.74, 6) is 0. The molecule has 114 valence electrons. The average Bonchev–Trinajstić information content (AvgIpc) is 3.18. The Kier molecular flexibility index (Phi) is 5.81. The molecule has 1 N–H and O–H groups in total. The van der Waals surface area contributed by atoms with Gasteiger partial charge in [0.1, 0.15) is 0 Å². The Balaban J connectivity index is 2.05. The average molecular weight is 297 g/mol. The van der Waals surface area contributed by atoms with Gasteiger partial charge in [0.25, 0.3) is 0 Å². The van der Waals surface area contributed by atoms with Crippen molar-refractivity contribution in [3.8, 4) is 0 Å². The number of hydrogen-bond acceptors (Lipinski definition) is 5. The number of ether oxygens (including phenoxy) is 1. The van der Waals surface area contributed by atoms with E-state index in [1.54, 1.807) is 18.4 Å². The predicted octanol–water partition coefficient (Wildman–Crippen LogP) is 3.17. The molecule has 0 bridgehead atoms. The molecule has 2 rings (SSSR count). The molecule has 1 aliphatic carbocycles. The van der Waals surface area contributed by atoms with Gasteiger partial charge < -0.3 is 15.0 Å². The topological polar surface area (TPSA) is 37.4 Å². The Hall–Kier alpha value is -0.650. The minimum absolute atomic E-state index is 0.533.